The smallest absolute Gasteiger partial charge is 0.338 e. The highest BCUT2D eigenvalue weighted by molar-refractivity contribution is 5.05. The Labute approximate surface area is 48.6 Å². The fourth-order valence-corrected chi connectivity index (χ4v) is 0.331. The number of aromatic nitrogens is 3. The van der Waals surface area contributed by atoms with E-state index in [1.54, 1.807) is 0 Å². The largest absolute Gasteiger partial charge is 0.339 e. The third-order valence-corrected chi connectivity index (χ3v) is 0.715. The Kier molecular flexibility index (Phi) is 0.936. The van der Waals surface area contributed by atoms with E-state index in [0.717, 1.165) is 0 Å². The number of hydrogen-bond donors (Lipinski definition) is 1. The van der Waals surface area contributed by atoms with Gasteiger partial charge in [0.1, 0.15) is 0 Å². The number of rotatable bonds is 1. The molecule has 0 radical (unpaired) electrons. The van der Waals surface area contributed by atoms with Crippen molar-refractivity contribution in [1.29, 1.82) is 5.26 Å². The van der Waals surface area contributed by atoms with Crippen LogP contribution in [0.2, 0.25) is 0 Å². The van der Waals surface area contributed by atoms with Crippen molar-refractivity contribution in [3.8, 4) is 6.07 Å². The highest BCUT2D eigenvalue weighted by Crippen LogP contribution is 1.88. The maximum Gasteiger partial charge on any atom is 0.338 e. The first-order valence-corrected chi connectivity index (χ1v) is 1.93. The van der Waals surface area contributed by atoms with Crippen LogP contribution in [0.4, 0.5) is 0 Å². The number of nitriles is 1. The first-order valence-electron chi connectivity index (χ1n) is 1.93. The molecule has 0 spiro atoms. The molecule has 7 heteroatoms. The minimum absolute atomic E-state index is 0.236. The molecular weight excluding hydrogens is 126 g/mol. The maximum atomic E-state index is 9.79. The average Bonchev–Trinajstić information content (AvgIpc) is 1.61. The molecule has 1 N–H and O–H groups in total. The van der Waals surface area contributed by atoms with Crippen LogP contribution < -0.4 is 0 Å². The number of nitrogens with one attached hydrogen (secondary N) is 1. The van der Waals surface area contributed by atoms with E-state index in [1.165, 1.54) is 6.07 Å². The molecule has 0 bridgehead atoms. The van der Waals surface area contributed by atoms with Gasteiger partial charge in [-0.05, 0) is 5.10 Å². The Morgan fingerprint density at radius 3 is 2.78 bits per heavy atom. The lowest BCUT2D eigenvalue weighted by molar-refractivity contribution is -0.560. The Hall–Kier alpha value is -1.84. The summed E-state index contributed by atoms with van der Waals surface area (Å²) in [5, 5.41) is 22.2. The second kappa shape index (κ2) is 1.59. The lowest BCUT2D eigenvalue weighted by Crippen LogP contribution is -2.24. The maximum absolute atomic E-state index is 9.79. The van der Waals surface area contributed by atoms with Crippen molar-refractivity contribution in [3.05, 3.63) is 15.9 Å². The summed E-state index contributed by atoms with van der Waals surface area (Å²) in [6.07, 6.45) is 0. The van der Waals surface area contributed by atoms with Crippen molar-refractivity contribution in [2.75, 3.05) is 0 Å². The van der Waals surface area contributed by atoms with Crippen LogP contribution in [0.5, 0.6) is 0 Å². The summed E-state index contributed by atoms with van der Waals surface area (Å²) in [7, 11) is 0. The van der Waals surface area contributed by atoms with Gasteiger partial charge in [-0.15, -0.1) is 0 Å². The Morgan fingerprint density at radius 1 is 2.00 bits per heavy atom. The Balaban J connectivity index is 2.93. The molecule has 0 amide bonds. The molecule has 1 rings (SSSR count). The van der Waals surface area contributed by atoms with Gasteiger partial charge in [-0.1, -0.05) is 5.21 Å². The molecule has 1 heterocycles. The van der Waals surface area contributed by atoms with Gasteiger partial charge in [-0.3, -0.25) is 0 Å². The number of aromatic amines is 1. The predicted octanol–water partition coefficient (Wildman–Crippen LogP) is -0.877. The van der Waals surface area contributed by atoms with Gasteiger partial charge in [0.25, 0.3) is 0 Å². The molecular formula is C2HN5O2. The summed E-state index contributed by atoms with van der Waals surface area (Å²) in [5.41, 5.74) is 0. The summed E-state index contributed by atoms with van der Waals surface area (Å²) < 4.78 is 0. The zero-order valence-corrected chi connectivity index (χ0v) is 4.11. The van der Waals surface area contributed by atoms with E-state index in [-0.39, 0.29) is 5.82 Å². The van der Waals surface area contributed by atoms with Gasteiger partial charge in [0.05, 0.1) is 5.03 Å². The molecule has 46 valence electrons. The van der Waals surface area contributed by atoms with Gasteiger partial charge in [0.15, 0.2) is 6.07 Å². The number of nitrogens with zero attached hydrogens (tertiary/aromatic N) is 4. The molecule has 0 aromatic carbocycles. The predicted molar refractivity (Wildman–Crippen MR) is 23.7 cm³/mol. The number of H-pyrrole nitrogens is 1. The van der Waals surface area contributed by atoms with Crippen LogP contribution in [0.1, 0.15) is 5.82 Å². The first kappa shape index (κ1) is 5.30. The van der Waals surface area contributed by atoms with Gasteiger partial charge < -0.3 is 10.1 Å². The van der Waals surface area contributed by atoms with Crippen molar-refractivity contribution in [2.24, 2.45) is 0 Å². The molecule has 0 saturated carbocycles. The average molecular weight is 127 g/mol. The van der Waals surface area contributed by atoms with E-state index in [2.05, 4.69) is 5.10 Å². The van der Waals surface area contributed by atoms with Crippen LogP contribution >= 0.6 is 0 Å². The van der Waals surface area contributed by atoms with Crippen molar-refractivity contribution in [2.45, 2.75) is 0 Å². The molecule has 7 nitrogen and oxygen atoms in total. The SMILES string of the molecule is N#Cc1n[nH]n1[N+](=O)[O-]. The first-order chi connectivity index (χ1) is 4.25. The van der Waals surface area contributed by atoms with Crippen LogP contribution in [0.25, 0.3) is 0 Å². The molecule has 0 aliphatic heterocycles. The van der Waals surface area contributed by atoms with E-state index in [1.807, 2.05) is 5.21 Å². The lowest BCUT2D eigenvalue weighted by Gasteiger charge is -1.98. The normalized spacial score (nSPS) is 8.78. The molecule has 1 aromatic rings. The molecule has 9 heavy (non-hydrogen) atoms. The van der Waals surface area contributed by atoms with E-state index in [0.29, 0.717) is 4.79 Å². The fraction of sp³-hybridized carbons (Fsp3) is 0. The van der Waals surface area contributed by atoms with Crippen molar-refractivity contribution >= 4 is 0 Å². The van der Waals surface area contributed by atoms with Crippen molar-refractivity contribution < 1.29 is 5.03 Å². The monoisotopic (exact) mass is 127 g/mol. The molecule has 1 aromatic heterocycles. The molecule has 0 unspecified atom stereocenters. The van der Waals surface area contributed by atoms with Gasteiger partial charge >= 0.3 is 5.82 Å². The molecule has 0 atom stereocenters. The van der Waals surface area contributed by atoms with Gasteiger partial charge in [0.2, 0.25) is 0 Å². The lowest BCUT2D eigenvalue weighted by atomic mass is 10.7. The zero-order chi connectivity index (χ0) is 6.85. The molecule has 0 saturated heterocycles. The Bertz CT molecular complexity index is 263. The summed E-state index contributed by atoms with van der Waals surface area (Å²) >= 11 is 0. The summed E-state index contributed by atoms with van der Waals surface area (Å²) in [4.78, 5) is 10.2. The van der Waals surface area contributed by atoms with Gasteiger partial charge in [0, 0.05) is 4.79 Å². The molecule has 0 aliphatic rings. The third kappa shape index (κ3) is 0.616. The molecule has 0 fully saturated rings. The van der Waals surface area contributed by atoms with Crippen LogP contribution in [0.15, 0.2) is 0 Å². The molecule has 0 aliphatic carbocycles. The Morgan fingerprint density at radius 2 is 2.67 bits per heavy atom. The number of nitro groups is 1. The van der Waals surface area contributed by atoms with Crippen molar-refractivity contribution in [1.82, 2.24) is 15.1 Å². The minimum Gasteiger partial charge on any atom is -0.339 e. The summed E-state index contributed by atoms with van der Waals surface area (Å²) in [5.74, 6) is -0.236. The van der Waals surface area contributed by atoms with Crippen LogP contribution in [0.3, 0.4) is 0 Å². The van der Waals surface area contributed by atoms with E-state index < -0.39 is 5.03 Å². The van der Waals surface area contributed by atoms with Crippen LogP contribution in [0, 0.1) is 21.4 Å². The van der Waals surface area contributed by atoms with Gasteiger partial charge in [-0.25, -0.2) is 0 Å². The minimum atomic E-state index is -0.772. The van der Waals surface area contributed by atoms with Crippen LogP contribution in [-0.2, 0) is 0 Å². The fourth-order valence-electron chi connectivity index (χ4n) is 0.331. The summed E-state index contributed by atoms with van der Waals surface area (Å²) in [6, 6.07) is 1.50. The quantitative estimate of drug-likeness (QED) is 0.391. The van der Waals surface area contributed by atoms with Gasteiger partial charge in [-0.2, -0.15) is 5.26 Å². The second-order valence-electron chi connectivity index (χ2n) is 1.20. The third-order valence-electron chi connectivity index (χ3n) is 0.715. The topological polar surface area (TPSA) is 101 Å². The van der Waals surface area contributed by atoms with E-state index >= 15 is 0 Å². The zero-order valence-electron chi connectivity index (χ0n) is 4.11. The number of hydrogen-bond acceptors (Lipinski definition) is 4. The van der Waals surface area contributed by atoms with E-state index in [9.17, 15) is 10.1 Å². The highest BCUT2D eigenvalue weighted by Gasteiger charge is 2.12. The van der Waals surface area contributed by atoms with Crippen LogP contribution in [-0.4, -0.2) is 20.1 Å². The standard InChI is InChI=1S/C2HN5O2/c3-1-2-4-5-6(2)7(8)9/h5H. The van der Waals surface area contributed by atoms with Crippen molar-refractivity contribution in [3.63, 3.8) is 0 Å². The highest BCUT2D eigenvalue weighted by atomic mass is 16.7. The summed E-state index contributed by atoms with van der Waals surface area (Å²) in [6.45, 7) is 0. The van der Waals surface area contributed by atoms with E-state index in [4.69, 9.17) is 5.26 Å². The second-order valence-corrected chi connectivity index (χ2v) is 1.20.